The van der Waals surface area contributed by atoms with Crippen LogP contribution in [0.1, 0.15) is 11.1 Å². The maximum atomic E-state index is 11.9. The summed E-state index contributed by atoms with van der Waals surface area (Å²) in [5.41, 5.74) is 8.99. The first-order valence-electron chi connectivity index (χ1n) is 6.68. The van der Waals surface area contributed by atoms with Crippen molar-refractivity contribution < 1.29 is 4.79 Å². The monoisotopic (exact) mass is 324 g/mol. The fraction of sp³-hybridized carbons (Fsp3) is 0.429. The molecule has 0 aromatic heterocycles. The molecule has 1 amide bonds. The Bertz CT molecular complexity index is 550. The minimum absolute atomic E-state index is 0.0601. The standard InChI is InChI=1S/C14H20N4OS2/c1-10-4-5-12(6-11(10)2)15-16-13(19)7-18-8-17(3)14(20)21-9-18/h4-6,15H,7-9H2,1-3H3,(H,16,19). The first-order chi connectivity index (χ1) is 9.95. The number of hydrogen-bond acceptors (Lipinski definition) is 5. The zero-order valence-electron chi connectivity index (χ0n) is 12.5. The normalized spacial score (nSPS) is 16.0. The van der Waals surface area contributed by atoms with Gasteiger partial charge in [-0.25, -0.2) is 0 Å². The van der Waals surface area contributed by atoms with Crippen LogP contribution >= 0.6 is 24.0 Å². The predicted octanol–water partition coefficient (Wildman–Crippen LogP) is 1.93. The molecule has 7 heteroatoms. The van der Waals surface area contributed by atoms with E-state index in [9.17, 15) is 4.79 Å². The molecule has 1 saturated heterocycles. The first kappa shape index (κ1) is 16.1. The summed E-state index contributed by atoms with van der Waals surface area (Å²) in [5.74, 6) is 0.690. The van der Waals surface area contributed by atoms with Crippen molar-refractivity contribution in [1.82, 2.24) is 15.2 Å². The Morgan fingerprint density at radius 2 is 2.14 bits per heavy atom. The lowest BCUT2D eigenvalue weighted by Gasteiger charge is -2.33. The fourth-order valence-corrected chi connectivity index (χ4v) is 2.91. The van der Waals surface area contributed by atoms with E-state index >= 15 is 0 Å². The van der Waals surface area contributed by atoms with Crippen LogP contribution < -0.4 is 10.9 Å². The molecule has 1 aliphatic rings. The van der Waals surface area contributed by atoms with Gasteiger partial charge in [-0.05, 0) is 37.1 Å². The average molecular weight is 324 g/mol. The van der Waals surface area contributed by atoms with E-state index in [1.54, 1.807) is 11.8 Å². The SMILES string of the molecule is Cc1ccc(NNC(=O)CN2CSC(=S)N(C)C2)cc1C. The third-order valence-corrected chi connectivity index (χ3v) is 5.03. The highest BCUT2D eigenvalue weighted by atomic mass is 32.2. The van der Waals surface area contributed by atoms with Crippen molar-refractivity contribution >= 4 is 39.9 Å². The van der Waals surface area contributed by atoms with Gasteiger partial charge in [0.05, 0.1) is 24.8 Å². The second kappa shape index (κ2) is 7.11. The van der Waals surface area contributed by atoms with E-state index in [1.165, 1.54) is 11.1 Å². The molecule has 0 aliphatic carbocycles. The van der Waals surface area contributed by atoms with E-state index in [-0.39, 0.29) is 5.91 Å². The third-order valence-electron chi connectivity index (χ3n) is 3.31. The van der Waals surface area contributed by atoms with Gasteiger partial charge < -0.3 is 4.90 Å². The molecule has 1 heterocycles. The van der Waals surface area contributed by atoms with Crippen LogP contribution in [-0.2, 0) is 4.79 Å². The smallest absolute Gasteiger partial charge is 0.252 e. The molecule has 2 rings (SSSR count). The van der Waals surface area contributed by atoms with E-state index < -0.39 is 0 Å². The van der Waals surface area contributed by atoms with E-state index in [2.05, 4.69) is 17.8 Å². The molecule has 0 atom stereocenters. The van der Waals surface area contributed by atoms with Gasteiger partial charge in [0, 0.05) is 7.05 Å². The minimum Gasteiger partial charge on any atom is -0.348 e. The van der Waals surface area contributed by atoms with Gasteiger partial charge in [-0.2, -0.15) is 0 Å². The van der Waals surface area contributed by atoms with E-state index in [0.717, 1.165) is 15.9 Å². The van der Waals surface area contributed by atoms with Crippen LogP contribution in [0.4, 0.5) is 5.69 Å². The van der Waals surface area contributed by atoms with Crippen molar-refractivity contribution in [2.75, 3.05) is 31.6 Å². The van der Waals surface area contributed by atoms with Crippen molar-refractivity contribution in [3.8, 4) is 0 Å². The molecule has 5 nitrogen and oxygen atoms in total. The maximum Gasteiger partial charge on any atom is 0.252 e. The van der Waals surface area contributed by atoms with Gasteiger partial charge in [0.2, 0.25) is 0 Å². The number of carbonyl (C=O) groups is 1. The largest absolute Gasteiger partial charge is 0.348 e. The van der Waals surface area contributed by atoms with Gasteiger partial charge in [-0.15, -0.1) is 0 Å². The molecule has 1 aromatic carbocycles. The number of amides is 1. The molecule has 1 aliphatic heterocycles. The Labute approximate surface area is 135 Å². The summed E-state index contributed by atoms with van der Waals surface area (Å²) in [5, 5.41) is 0. The van der Waals surface area contributed by atoms with Crippen LogP contribution in [0, 0.1) is 13.8 Å². The van der Waals surface area contributed by atoms with E-state index in [4.69, 9.17) is 12.2 Å². The van der Waals surface area contributed by atoms with Crippen molar-refractivity contribution in [3.05, 3.63) is 29.3 Å². The number of nitrogens with zero attached hydrogens (tertiary/aromatic N) is 2. The van der Waals surface area contributed by atoms with Crippen molar-refractivity contribution in [1.29, 1.82) is 0 Å². The van der Waals surface area contributed by atoms with Crippen molar-refractivity contribution in [2.45, 2.75) is 13.8 Å². The highest BCUT2D eigenvalue weighted by Crippen LogP contribution is 2.16. The third kappa shape index (κ3) is 4.59. The number of carbonyl (C=O) groups excluding carboxylic acids is 1. The Morgan fingerprint density at radius 1 is 1.38 bits per heavy atom. The van der Waals surface area contributed by atoms with Gasteiger partial charge in [-0.3, -0.25) is 20.5 Å². The minimum atomic E-state index is -0.0601. The second-order valence-corrected chi connectivity index (χ2v) is 6.76. The molecule has 2 N–H and O–H groups in total. The van der Waals surface area contributed by atoms with Crippen molar-refractivity contribution in [3.63, 3.8) is 0 Å². The lowest BCUT2D eigenvalue weighted by molar-refractivity contribution is -0.121. The summed E-state index contributed by atoms with van der Waals surface area (Å²) in [6.45, 7) is 5.14. The van der Waals surface area contributed by atoms with Crippen LogP contribution in [0.3, 0.4) is 0 Å². The Kier molecular flexibility index (Phi) is 5.44. The molecular formula is C14H20N4OS2. The molecular weight excluding hydrogens is 304 g/mol. The number of hydrazine groups is 1. The molecule has 0 spiro atoms. The van der Waals surface area contributed by atoms with Gasteiger partial charge in [0.25, 0.3) is 5.91 Å². The number of anilines is 1. The fourth-order valence-electron chi connectivity index (χ4n) is 1.95. The number of nitrogens with one attached hydrogen (secondary N) is 2. The summed E-state index contributed by atoms with van der Waals surface area (Å²) < 4.78 is 0.875. The molecule has 1 fully saturated rings. The van der Waals surface area contributed by atoms with Gasteiger partial charge in [0.15, 0.2) is 0 Å². The summed E-state index contributed by atoms with van der Waals surface area (Å²) >= 11 is 6.76. The maximum absolute atomic E-state index is 11.9. The first-order valence-corrected chi connectivity index (χ1v) is 8.07. The molecule has 0 saturated carbocycles. The number of rotatable bonds is 4. The molecule has 0 unspecified atom stereocenters. The summed E-state index contributed by atoms with van der Waals surface area (Å²) in [7, 11) is 1.94. The van der Waals surface area contributed by atoms with Crippen molar-refractivity contribution in [2.24, 2.45) is 0 Å². The Balaban J connectivity index is 1.79. The number of benzene rings is 1. The highest BCUT2D eigenvalue weighted by Gasteiger charge is 2.20. The summed E-state index contributed by atoms with van der Waals surface area (Å²) in [6, 6.07) is 5.99. The molecule has 114 valence electrons. The summed E-state index contributed by atoms with van der Waals surface area (Å²) in [6.07, 6.45) is 0. The quantitative estimate of drug-likeness (QED) is 0.652. The van der Waals surface area contributed by atoms with Crippen LogP contribution in [0.5, 0.6) is 0 Å². The van der Waals surface area contributed by atoms with Gasteiger partial charge in [0.1, 0.15) is 4.32 Å². The zero-order chi connectivity index (χ0) is 15.4. The Hall–Kier alpha value is -1.31. The van der Waals surface area contributed by atoms with Crippen LogP contribution in [0.2, 0.25) is 0 Å². The van der Waals surface area contributed by atoms with Gasteiger partial charge in [-0.1, -0.05) is 30.0 Å². The van der Waals surface area contributed by atoms with E-state index in [1.807, 2.05) is 42.0 Å². The number of aryl methyl sites for hydroxylation is 2. The van der Waals surface area contributed by atoms with Gasteiger partial charge >= 0.3 is 0 Å². The van der Waals surface area contributed by atoms with E-state index in [0.29, 0.717) is 13.2 Å². The summed E-state index contributed by atoms with van der Waals surface area (Å²) in [4.78, 5) is 16.0. The van der Waals surface area contributed by atoms with Crippen LogP contribution in [-0.4, -0.2) is 46.2 Å². The molecule has 1 aromatic rings. The lowest BCUT2D eigenvalue weighted by Crippen LogP contribution is -2.47. The average Bonchev–Trinajstić information content (AvgIpc) is 2.44. The predicted molar refractivity (Wildman–Crippen MR) is 92.1 cm³/mol. The molecule has 0 radical (unpaired) electrons. The van der Waals surface area contributed by atoms with Crippen LogP contribution in [0.25, 0.3) is 0 Å². The number of thiocarbonyl (C=S) groups is 1. The lowest BCUT2D eigenvalue weighted by atomic mass is 10.1. The zero-order valence-corrected chi connectivity index (χ0v) is 14.1. The van der Waals surface area contributed by atoms with Crippen LogP contribution in [0.15, 0.2) is 18.2 Å². The molecule has 0 bridgehead atoms. The topological polar surface area (TPSA) is 47.6 Å². The molecule has 21 heavy (non-hydrogen) atoms. The number of thioether (sulfide) groups is 1. The second-order valence-electron chi connectivity index (χ2n) is 5.18. The number of hydrogen-bond donors (Lipinski definition) is 2. The highest BCUT2D eigenvalue weighted by molar-refractivity contribution is 8.22. The Morgan fingerprint density at radius 3 is 2.81 bits per heavy atom.